The smallest absolute Gasteiger partial charge is 0.159 e. The van der Waals surface area contributed by atoms with Crippen molar-refractivity contribution in [1.82, 2.24) is 0 Å². The van der Waals surface area contributed by atoms with Crippen molar-refractivity contribution in [1.29, 1.82) is 0 Å². The average Bonchev–Trinajstić information content (AvgIpc) is 2.44. The summed E-state index contributed by atoms with van der Waals surface area (Å²) in [7, 11) is -3.05. The summed E-state index contributed by atoms with van der Waals surface area (Å²) in [6.07, 6.45) is -0.758. The number of aliphatic hydroxyl groups excluding tert-OH is 1. The van der Waals surface area contributed by atoms with Crippen LogP contribution in [-0.4, -0.2) is 37.2 Å². The van der Waals surface area contributed by atoms with Crippen LogP contribution in [0.4, 0.5) is 5.69 Å². The van der Waals surface area contributed by atoms with Crippen LogP contribution in [0, 0.1) is 6.92 Å². The lowest BCUT2D eigenvalue weighted by Crippen LogP contribution is -3.00. The molecular weight excluding hydrogens is 262 g/mol. The van der Waals surface area contributed by atoms with Crippen LogP contribution in [0.15, 0.2) is 24.3 Å². The molecule has 3 N–H and O–H groups in total. The van der Waals surface area contributed by atoms with Crippen LogP contribution in [-0.2, 0) is 9.84 Å². The van der Waals surface area contributed by atoms with Gasteiger partial charge in [0.1, 0.15) is 23.6 Å². The molecular formula is C11H16ClNO3S. The number of aliphatic hydroxyl groups is 1. The minimum absolute atomic E-state index is 0. The summed E-state index contributed by atoms with van der Waals surface area (Å²) < 4.78 is 22.6. The number of aryl methyl sites for hydroxylation is 1. The van der Waals surface area contributed by atoms with Crippen LogP contribution in [0.1, 0.15) is 5.56 Å². The highest BCUT2D eigenvalue weighted by atomic mass is 35.5. The molecule has 17 heavy (non-hydrogen) atoms. The Morgan fingerprint density at radius 1 is 1.24 bits per heavy atom. The van der Waals surface area contributed by atoms with Crippen molar-refractivity contribution in [3.05, 3.63) is 29.8 Å². The number of nitrogens with two attached hydrogens (primary N) is 1. The second-order valence-corrected chi connectivity index (χ2v) is 6.54. The van der Waals surface area contributed by atoms with Crippen molar-refractivity contribution in [2.24, 2.45) is 0 Å². The Kier molecular flexibility index (Phi) is 4.55. The Morgan fingerprint density at radius 2 is 1.82 bits per heavy atom. The van der Waals surface area contributed by atoms with Gasteiger partial charge in [-0.1, -0.05) is 17.7 Å². The van der Waals surface area contributed by atoms with Crippen molar-refractivity contribution in [2.75, 3.05) is 11.5 Å². The minimum Gasteiger partial charge on any atom is -1.00 e. The minimum atomic E-state index is -3.05. The van der Waals surface area contributed by atoms with E-state index in [1.807, 2.05) is 36.5 Å². The van der Waals surface area contributed by atoms with Gasteiger partial charge in [0.25, 0.3) is 0 Å². The van der Waals surface area contributed by atoms with Crippen molar-refractivity contribution in [2.45, 2.75) is 19.1 Å². The molecule has 1 fully saturated rings. The quantitative estimate of drug-likeness (QED) is 0.548. The number of halogens is 1. The van der Waals surface area contributed by atoms with Crippen molar-refractivity contribution in [3.8, 4) is 0 Å². The fourth-order valence-corrected chi connectivity index (χ4v) is 3.75. The first-order valence-electron chi connectivity index (χ1n) is 5.26. The fourth-order valence-electron chi connectivity index (χ4n) is 1.94. The topological polar surface area (TPSA) is 71.0 Å². The molecule has 2 atom stereocenters. The maximum atomic E-state index is 11.3. The van der Waals surface area contributed by atoms with E-state index < -0.39 is 15.9 Å². The third kappa shape index (κ3) is 3.67. The first-order chi connectivity index (χ1) is 7.46. The van der Waals surface area contributed by atoms with Gasteiger partial charge in [0.05, 0.1) is 5.75 Å². The molecule has 0 saturated carbocycles. The molecule has 0 aromatic heterocycles. The van der Waals surface area contributed by atoms with E-state index in [2.05, 4.69) is 0 Å². The van der Waals surface area contributed by atoms with Crippen molar-refractivity contribution < 1.29 is 31.2 Å². The number of quaternary nitrogens is 1. The van der Waals surface area contributed by atoms with Gasteiger partial charge in [-0.25, -0.2) is 8.42 Å². The van der Waals surface area contributed by atoms with E-state index >= 15 is 0 Å². The zero-order valence-electron chi connectivity index (χ0n) is 9.51. The monoisotopic (exact) mass is 277 g/mol. The van der Waals surface area contributed by atoms with Crippen LogP contribution in [0.5, 0.6) is 0 Å². The lowest BCUT2D eigenvalue weighted by Gasteiger charge is -2.10. The van der Waals surface area contributed by atoms with E-state index in [0.717, 1.165) is 11.3 Å². The predicted molar refractivity (Wildman–Crippen MR) is 61.2 cm³/mol. The Morgan fingerprint density at radius 3 is 2.29 bits per heavy atom. The summed E-state index contributed by atoms with van der Waals surface area (Å²) >= 11 is 0. The molecule has 1 saturated heterocycles. The maximum absolute atomic E-state index is 11.3. The Hall–Kier alpha value is -0.620. The molecule has 4 nitrogen and oxygen atoms in total. The normalized spacial score (nSPS) is 26.5. The molecule has 6 heteroatoms. The second kappa shape index (κ2) is 5.35. The summed E-state index contributed by atoms with van der Waals surface area (Å²) in [6, 6.07) is 7.55. The molecule has 96 valence electrons. The number of rotatable bonds is 2. The second-order valence-electron chi connectivity index (χ2n) is 4.39. The number of sulfone groups is 1. The highest BCUT2D eigenvalue weighted by molar-refractivity contribution is 7.91. The largest absolute Gasteiger partial charge is 1.00 e. The van der Waals surface area contributed by atoms with Crippen LogP contribution >= 0.6 is 0 Å². The fraction of sp³-hybridized carbons (Fsp3) is 0.455. The van der Waals surface area contributed by atoms with Crippen LogP contribution in [0.25, 0.3) is 0 Å². The first-order valence-corrected chi connectivity index (χ1v) is 7.08. The van der Waals surface area contributed by atoms with Gasteiger partial charge in [-0.3, -0.25) is 0 Å². The van der Waals surface area contributed by atoms with Gasteiger partial charge in [0.15, 0.2) is 9.84 Å². The molecule has 1 aliphatic heterocycles. The van der Waals surface area contributed by atoms with Gasteiger partial charge in [0, 0.05) is 0 Å². The Bertz CT molecular complexity index is 472. The summed E-state index contributed by atoms with van der Waals surface area (Å²) in [5.41, 5.74) is 2.13. The van der Waals surface area contributed by atoms with E-state index in [-0.39, 0.29) is 30.0 Å². The Labute approximate surface area is 107 Å². The third-order valence-electron chi connectivity index (χ3n) is 2.85. The molecule has 1 aromatic rings. The van der Waals surface area contributed by atoms with E-state index in [1.165, 1.54) is 0 Å². The molecule has 1 aromatic carbocycles. The molecule has 0 spiro atoms. The van der Waals surface area contributed by atoms with E-state index in [0.29, 0.717) is 0 Å². The van der Waals surface area contributed by atoms with Gasteiger partial charge in [-0.05, 0) is 19.1 Å². The van der Waals surface area contributed by atoms with E-state index in [4.69, 9.17) is 0 Å². The lowest BCUT2D eigenvalue weighted by molar-refractivity contribution is -0.613. The molecule has 0 radical (unpaired) electrons. The zero-order chi connectivity index (χ0) is 11.8. The Balaban J connectivity index is 0.00000144. The molecule has 0 bridgehead atoms. The van der Waals surface area contributed by atoms with E-state index in [1.54, 1.807) is 0 Å². The van der Waals surface area contributed by atoms with Crippen LogP contribution in [0.3, 0.4) is 0 Å². The summed E-state index contributed by atoms with van der Waals surface area (Å²) in [6.45, 7) is 2.00. The van der Waals surface area contributed by atoms with Gasteiger partial charge in [-0.15, -0.1) is 0 Å². The third-order valence-corrected chi connectivity index (χ3v) is 4.59. The van der Waals surface area contributed by atoms with Crippen molar-refractivity contribution >= 4 is 15.5 Å². The highest BCUT2D eigenvalue weighted by Gasteiger charge is 2.39. The molecule has 0 amide bonds. The zero-order valence-corrected chi connectivity index (χ0v) is 11.1. The standard InChI is InChI=1S/C11H15NO3S.ClH/c1-8-2-4-9(5-3-8)12-10-6-16(14,15)7-11(10)13;/h2-5,10-13H,6-7H2,1H3;1H. The first kappa shape index (κ1) is 14.4. The molecule has 1 heterocycles. The van der Waals surface area contributed by atoms with Crippen molar-refractivity contribution in [3.63, 3.8) is 0 Å². The summed E-state index contributed by atoms with van der Waals surface area (Å²) in [5.74, 6) is -0.0535. The predicted octanol–water partition coefficient (Wildman–Crippen LogP) is -3.65. The highest BCUT2D eigenvalue weighted by Crippen LogP contribution is 2.11. The number of hydrogen-bond acceptors (Lipinski definition) is 3. The maximum Gasteiger partial charge on any atom is 0.159 e. The number of benzene rings is 1. The van der Waals surface area contributed by atoms with Gasteiger partial charge >= 0.3 is 0 Å². The van der Waals surface area contributed by atoms with E-state index in [9.17, 15) is 13.5 Å². The van der Waals surface area contributed by atoms with Gasteiger partial charge in [-0.2, -0.15) is 0 Å². The lowest BCUT2D eigenvalue weighted by atomic mass is 10.2. The van der Waals surface area contributed by atoms with Gasteiger partial charge < -0.3 is 22.8 Å². The number of hydrogen-bond donors (Lipinski definition) is 2. The van der Waals surface area contributed by atoms with Crippen LogP contribution < -0.4 is 17.7 Å². The summed E-state index contributed by atoms with van der Waals surface area (Å²) in [4.78, 5) is 0. The summed E-state index contributed by atoms with van der Waals surface area (Å²) in [5, 5.41) is 11.5. The molecule has 1 aliphatic rings. The average molecular weight is 278 g/mol. The van der Waals surface area contributed by atoms with Gasteiger partial charge in [0.2, 0.25) is 0 Å². The SMILES string of the molecule is Cc1ccc([NH2+]C2CS(=O)(=O)CC2O)cc1.[Cl-]. The molecule has 0 aliphatic carbocycles. The molecule has 2 rings (SSSR count). The molecule has 2 unspecified atom stereocenters. The van der Waals surface area contributed by atoms with Crippen LogP contribution in [0.2, 0.25) is 0 Å².